The number of hydrogen-bond donors (Lipinski definition) is 3. The summed E-state index contributed by atoms with van der Waals surface area (Å²) in [6.45, 7) is 2.97. The lowest BCUT2D eigenvalue weighted by atomic mass is 10.2. The first-order valence-electron chi connectivity index (χ1n) is 5.85. The SMILES string of the molecule is CCNc1cnccc1C(=O)NCCC(=O)NC. The van der Waals surface area contributed by atoms with E-state index in [4.69, 9.17) is 0 Å². The van der Waals surface area contributed by atoms with Gasteiger partial charge < -0.3 is 16.0 Å². The average molecular weight is 250 g/mol. The first-order chi connectivity index (χ1) is 8.69. The lowest BCUT2D eigenvalue weighted by Crippen LogP contribution is -2.29. The van der Waals surface area contributed by atoms with Gasteiger partial charge in [-0.2, -0.15) is 0 Å². The summed E-state index contributed by atoms with van der Waals surface area (Å²) in [5.74, 6) is -0.311. The average Bonchev–Trinajstić information content (AvgIpc) is 2.39. The zero-order chi connectivity index (χ0) is 13.4. The quantitative estimate of drug-likeness (QED) is 0.681. The molecule has 6 nitrogen and oxygen atoms in total. The summed E-state index contributed by atoms with van der Waals surface area (Å²) < 4.78 is 0. The highest BCUT2D eigenvalue weighted by molar-refractivity contribution is 5.99. The summed E-state index contributed by atoms with van der Waals surface area (Å²) in [6, 6.07) is 1.65. The van der Waals surface area contributed by atoms with Gasteiger partial charge in [-0.3, -0.25) is 14.6 Å². The molecular formula is C12H18N4O2. The number of amides is 2. The molecule has 6 heteroatoms. The smallest absolute Gasteiger partial charge is 0.253 e. The maximum atomic E-state index is 11.9. The van der Waals surface area contributed by atoms with Gasteiger partial charge in [0.2, 0.25) is 5.91 Å². The van der Waals surface area contributed by atoms with Gasteiger partial charge in [0, 0.05) is 32.8 Å². The molecule has 0 saturated heterocycles. The Balaban J connectivity index is 2.58. The molecule has 1 aromatic rings. The molecule has 0 saturated carbocycles. The molecule has 0 aromatic carbocycles. The van der Waals surface area contributed by atoms with Crippen LogP contribution in [-0.2, 0) is 4.79 Å². The fourth-order valence-electron chi connectivity index (χ4n) is 1.43. The second kappa shape index (κ2) is 7.26. The van der Waals surface area contributed by atoms with Crippen molar-refractivity contribution in [1.29, 1.82) is 0 Å². The highest BCUT2D eigenvalue weighted by Gasteiger charge is 2.10. The minimum atomic E-state index is -0.211. The third kappa shape index (κ3) is 4.04. The highest BCUT2D eigenvalue weighted by atomic mass is 16.2. The van der Waals surface area contributed by atoms with Gasteiger partial charge in [0.15, 0.2) is 0 Å². The van der Waals surface area contributed by atoms with Crippen LogP contribution in [0.25, 0.3) is 0 Å². The van der Waals surface area contributed by atoms with Crippen molar-refractivity contribution in [2.45, 2.75) is 13.3 Å². The Bertz CT molecular complexity index is 420. The number of carbonyl (C=O) groups is 2. The van der Waals surface area contributed by atoms with Crippen LogP contribution in [0.3, 0.4) is 0 Å². The van der Waals surface area contributed by atoms with Crippen LogP contribution in [0, 0.1) is 0 Å². The number of anilines is 1. The largest absolute Gasteiger partial charge is 0.383 e. The molecule has 1 heterocycles. The monoisotopic (exact) mass is 250 g/mol. The summed E-state index contributed by atoms with van der Waals surface area (Å²) in [5, 5.41) is 8.26. The predicted molar refractivity (Wildman–Crippen MR) is 69.4 cm³/mol. The van der Waals surface area contributed by atoms with Crippen molar-refractivity contribution < 1.29 is 9.59 Å². The minimum Gasteiger partial charge on any atom is -0.383 e. The Labute approximate surface area is 106 Å². The topological polar surface area (TPSA) is 83.1 Å². The molecule has 0 aliphatic heterocycles. The Morgan fingerprint density at radius 1 is 1.39 bits per heavy atom. The molecule has 1 rings (SSSR count). The number of pyridine rings is 1. The van der Waals surface area contributed by atoms with Crippen LogP contribution in [0.15, 0.2) is 18.5 Å². The summed E-state index contributed by atoms with van der Waals surface area (Å²) >= 11 is 0. The molecule has 0 aliphatic rings. The van der Waals surface area contributed by atoms with Crippen molar-refractivity contribution in [2.75, 3.05) is 25.5 Å². The molecule has 0 fully saturated rings. The Morgan fingerprint density at radius 3 is 2.83 bits per heavy atom. The fraction of sp³-hybridized carbons (Fsp3) is 0.417. The van der Waals surface area contributed by atoms with Gasteiger partial charge in [-0.05, 0) is 13.0 Å². The van der Waals surface area contributed by atoms with Crippen molar-refractivity contribution in [3.05, 3.63) is 24.0 Å². The highest BCUT2D eigenvalue weighted by Crippen LogP contribution is 2.12. The van der Waals surface area contributed by atoms with Gasteiger partial charge in [-0.25, -0.2) is 0 Å². The molecule has 0 unspecified atom stereocenters. The van der Waals surface area contributed by atoms with Crippen molar-refractivity contribution in [2.24, 2.45) is 0 Å². The van der Waals surface area contributed by atoms with E-state index in [1.54, 1.807) is 25.5 Å². The molecule has 3 N–H and O–H groups in total. The molecule has 0 radical (unpaired) electrons. The van der Waals surface area contributed by atoms with Gasteiger partial charge in [0.05, 0.1) is 17.4 Å². The summed E-state index contributed by atoms with van der Waals surface area (Å²) in [4.78, 5) is 26.9. The van der Waals surface area contributed by atoms with Crippen LogP contribution in [0.4, 0.5) is 5.69 Å². The van der Waals surface area contributed by atoms with Crippen LogP contribution >= 0.6 is 0 Å². The van der Waals surface area contributed by atoms with E-state index in [0.29, 0.717) is 24.3 Å². The van der Waals surface area contributed by atoms with E-state index in [1.165, 1.54) is 0 Å². The molecule has 0 bridgehead atoms. The van der Waals surface area contributed by atoms with E-state index in [1.807, 2.05) is 6.92 Å². The van der Waals surface area contributed by atoms with E-state index in [0.717, 1.165) is 0 Å². The summed E-state index contributed by atoms with van der Waals surface area (Å²) in [7, 11) is 1.57. The van der Waals surface area contributed by atoms with Gasteiger partial charge in [-0.1, -0.05) is 0 Å². The number of aromatic nitrogens is 1. The normalized spacial score (nSPS) is 9.67. The van der Waals surface area contributed by atoms with Crippen LogP contribution in [0.5, 0.6) is 0 Å². The number of hydrogen-bond acceptors (Lipinski definition) is 4. The van der Waals surface area contributed by atoms with Crippen molar-refractivity contribution in [1.82, 2.24) is 15.6 Å². The Hall–Kier alpha value is -2.11. The van der Waals surface area contributed by atoms with E-state index in [9.17, 15) is 9.59 Å². The van der Waals surface area contributed by atoms with E-state index in [-0.39, 0.29) is 18.2 Å². The van der Waals surface area contributed by atoms with Gasteiger partial charge in [0.25, 0.3) is 5.91 Å². The zero-order valence-corrected chi connectivity index (χ0v) is 10.6. The second-order valence-corrected chi connectivity index (χ2v) is 3.63. The third-order valence-electron chi connectivity index (χ3n) is 2.35. The lowest BCUT2D eigenvalue weighted by Gasteiger charge is -2.10. The molecular weight excluding hydrogens is 232 g/mol. The van der Waals surface area contributed by atoms with Crippen molar-refractivity contribution in [3.8, 4) is 0 Å². The fourth-order valence-corrected chi connectivity index (χ4v) is 1.43. The minimum absolute atomic E-state index is 0.100. The number of carbonyl (C=O) groups excluding carboxylic acids is 2. The second-order valence-electron chi connectivity index (χ2n) is 3.63. The summed E-state index contributed by atoms with van der Waals surface area (Å²) in [6.07, 6.45) is 3.44. The third-order valence-corrected chi connectivity index (χ3v) is 2.35. The molecule has 0 spiro atoms. The maximum Gasteiger partial charge on any atom is 0.253 e. The Kier molecular flexibility index (Phi) is 5.63. The van der Waals surface area contributed by atoms with E-state index >= 15 is 0 Å². The molecule has 1 aromatic heterocycles. The summed E-state index contributed by atoms with van der Waals surface area (Å²) in [5.41, 5.74) is 1.22. The Morgan fingerprint density at radius 2 is 2.17 bits per heavy atom. The molecule has 0 aliphatic carbocycles. The van der Waals surface area contributed by atoms with E-state index < -0.39 is 0 Å². The predicted octanol–water partition coefficient (Wildman–Crippen LogP) is 0.379. The van der Waals surface area contributed by atoms with Gasteiger partial charge in [0.1, 0.15) is 0 Å². The molecule has 2 amide bonds. The number of rotatable bonds is 6. The first kappa shape index (κ1) is 14.0. The molecule has 18 heavy (non-hydrogen) atoms. The van der Waals surface area contributed by atoms with Crippen LogP contribution < -0.4 is 16.0 Å². The maximum absolute atomic E-state index is 11.9. The number of nitrogens with zero attached hydrogens (tertiary/aromatic N) is 1. The molecule has 98 valence electrons. The van der Waals surface area contributed by atoms with Crippen LogP contribution in [0.1, 0.15) is 23.7 Å². The first-order valence-corrected chi connectivity index (χ1v) is 5.85. The number of nitrogens with one attached hydrogen (secondary N) is 3. The lowest BCUT2D eigenvalue weighted by molar-refractivity contribution is -0.120. The van der Waals surface area contributed by atoms with E-state index in [2.05, 4.69) is 20.9 Å². The molecule has 0 atom stereocenters. The van der Waals surface area contributed by atoms with Crippen LogP contribution in [-0.4, -0.2) is 36.9 Å². The van der Waals surface area contributed by atoms with Gasteiger partial charge >= 0.3 is 0 Å². The van der Waals surface area contributed by atoms with Crippen molar-refractivity contribution in [3.63, 3.8) is 0 Å². The standard InChI is InChI=1S/C12H18N4O2/c1-3-15-10-8-14-6-4-9(10)12(18)16-7-5-11(17)13-2/h4,6,8,15H,3,5,7H2,1-2H3,(H,13,17)(H,16,18). The zero-order valence-electron chi connectivity index (χ0n) is 10.6. The van der Waals surface area contributed by atoms with Gasteiger partial charge in [-0.15, -0.1) is 0 Å². The van der Waals surface area contributed by atoms with Crippen molar-refractivity contribution >= 4 is 17.5 Å². The van der Waals surface area contributed by atoms with Crippen LogP contribution in [0.2, 0.25) is 0 Å².